The molecule has 1 aliphatic heterocycles. The van der Waals surface area contributed by atoms with Crippen LogP contribution < -0.4 is 5.73 Å². The predicted octanol–water partition coefficient (Wildman–Crippen LogP) is 2.24. The maximum absolute atomic E-state index is 5.68. The molecule has 0 amide bonds. The van der Waals surface area contributed by atoms with E-state index in [4.69, 9.17) is 5.73 Å². The second kappa shape index (κ2) is 4.49. The lowest BCUT2D eigenvalue weighted by Gasteiger charge is -2.29. The first-order chi connectivity index (χ1) is 7.16. The summed E-state index contributed by atoms with van der Waals surface area (Å²) >= 11 is 3.43. The summed E-state index contributed by atoms with van der Waals surface area (Å²) < 4.78 is 0.910. The van der Waals surface area contributed by atoms with Gasteiger partial charge in [-0.1, -0.05) is 0 Å². The molecule has 1 fully saturated rings. The third kappa shape index (κ3) is 2.49. The first-order valence-electron chi connectivity index (χ1n) is 5.26. The molecule has 82 valence electrons. The quantitative estimate of drug-likeness (QED) is 0.851. The lowest BCUT2D eigenvalue weighted by Crippen LogP contribution is -2.30. The normalized spacial score (nSPS) is 22.9. The minimum atomic E-state index is 0.572. The van der Waals surface area contributed by atoms with Gasteiger partial charge in [-0.25, -0.2) is 4.98 Å². The second-order valence-electron chi connectivity index (χ2n) is 4.24. The summed E-state index contributed by atoms with van der Waals surface area (Å²) in [7, 11) is 2.17. The number of hydrogen-bond donors (Lipinski definition) is 1. The van der Waals surface area contributed by atoms with Crippen molar-refractivity contribution in [1.29, 1.82) is 0 Å². The zero-order valence-corrected chi connectivity index (χ0v) is 10.5. The van der Waals surface area contributed by atoms with Crippen LogP contribution in [0.4, 0.5) is 5.82 Å². The monoisotopic (exact) mass is 269 g/mol. The van der Waals surface area contributed by atoms with Gasteiger partial charge in [0.1, 0.15) is 5.82 Å². The molecule has 0 aliphatic carbocycles. The zero-order chi connectivity index (χ0) is 10.8. The van der Waals surface area contributed by atoms with Crippen molar-refractivity contribution in [3.8, 4) is 0 Å². The molecule has 0 aromatic carbocycles. The highest BCUT2D eigenvalue weighted by molar-refractivity contribution is 9.10. The third-order valence-electron chi connectivity index (χ3n) is 2.99. The van der Waals surface area contributed by atoms with Crippen molar-refractivity contribution in [3.05, 3.63) is 22.3 Å². The molecular formula is C11H16BrN3. The van der Waals surface area contributed by atoms with Crippen LogP contribution >= 0.6 is 15.9 Å². The van der Waals surface area contributed by atoms with E-state index in [1.165, 1.54) is 24.9 Å². The number of anilines is 1. The Kier molecular flexibility index (Phi) is 3.26. The maximum atomic E-state index is 5.68. The van der Waals surface area contributed by atoms with Crippen LogP contribution in [0.1, 0.15) is 24.3 Å². The Balaban J connectivity index is 2.18. The molecule has 1 atom stereocenters. The van der Waals surface area contributed by atoms with Crippen LogP contribution in [-0.4, -0.2) is 30.0 Å². The molecule has 15 heavy (non-hydrogen) atoms. The average molecular weight is 270 g/mol. The molecule has 3 nitrogen and oxygen atoms in total. The van der Waals surface area contributed by atoms with Crippen LogP contribution in [0, 0.1) is 0 Å². The van der Waals surface area contributed by atoms with Crippen LogP contribution in [0.5, 0.6) is 0 Å². The fourth-order valence-electron chi connectivity index (χ4n) is 2.13. The molecule has 0 radical (unpaired) electrons. The minimum absolute atomic E-state index is 0.572. The van der Waals surface area contributed by atoms with E-state index >= 15 is 0 Å². The highest BCUT2D eigenvalue weighted by atomic mass is 79.9. The van der Waals surface area contributed by atoms with E-state index in [-0.39, 0.29) is 0 Å². The first kappa shape index (κ1) is 10.9. The van der Waals surface area contributed by atoms with E-state index in [2.05, 4.69) is 38.9 Å². The lowest BCUT2D eigenvalue weighted by molar-refractivity contribution is 0.250. The van der Waals surface area contributed by atoms with Gasteiger partial charge < -0.3 is 10.6 Å². The van der Waals surface area contributed by atoms with Crippen LogP contribution in [0.2, 0.25) is 0 Å². The van der Waals surface area contributed by atoms with Gasteiger partial charge in [-0.3, -0.25) is 0 Å². The molecule has 1 aromatic heterocycles. The van der Waals surface area contributed by atoms with Crippen LogP contribution in [0.25, 0.3) is 0 Å². The lowest BCUT2D eigenvalue weighted by atomic mass is 9.92. The van der Waals surface area contributed by atoms with Crippen LogP contribution in [-0.2, 0) is 0 Å². The molecule has 2 rings (SSSR count). The number of nitrogens with two attached hydrogens (primary N) is 1. The van der Waals surface area contributed by atoms with Crippen LogP contribution in [0.15, 0.2) is 16.7 Å². The fourth-order valence-corrected chi connectivity index (χ4v) is 2.49. The molecule has 0 saturated carbocycles. The third-order valence-corrected chi connectivity index (χ3v) is 3.62. The van der Waals surface area contributed by atoms with E-state index in [1.54, 1.807) is 0 Å². The van der Waals surface area contributed by atoms with E-state index in [0.717, 1.165) is 11.0 Å². The Morgan fingerprint density at radius 3 is 3.07 bits per heavy atom. The first-order valence-corrected chi connectivity index (χ1v) is 6.05. The van der Waals surface area contributed by atoms with E-state index < -0.39 is 0 Å². The van der Waals surface area contributed by atoms with Gasteiger partial charge in [0, 0.05) is 12.7 Å². The predicted molar refractivity (Wildman–Crippen MR) is 65.8 cm³/mol. The molecule has 4 heteroatoms. The highest BCUT2D eigenvalue weighted by Crippen LogP contribution is 2.28. The summed E-state index contributed by atoms with van der Waals surface area (Å²) in [5.74, 6) is 1.18. The zero-order valence-electron chi connectivity index (χ0n) is 8.91. The molecule has 1 aromatic rings. The number of nitrogen functional groups attached to an aromatic ring is 1. The standard InChI is InChI=1S/C11H16BrN3/c1-15-4-2-3-8(7-15)9-5-10(12)11(13)14-6-9/h5-6,8H,2-4,7H2,1H3,(H2,13,14). The molecule has 0 spiro atoms. The molecule has 2 N–H and O–H groups in total. The number of likely N-dealkylation sites (N-methyl/N-ethyl adjacent to an activating group) is 1. The summed E-state index contributed by atoms with van der Waals surface area (Å²) in [6.45, 7) is 2.33. The van der Waals surface area contributed by atoms with E-state index in [0.29, 0.717) is 11.7 Å². The Morgan fingerprint density at radius 2 is 2.40 bits per heavy atom. The number of halogens is 1. The molecule has 1 saturated heterocycles. The molecule has 0 bridgehead atoms. The van der Waals surface area contributed by atoms with E-state index in [1.807, 2.05) is 6.20 Å². The number of rotatable bonds is 1. The van der Waals surface area contributed by atoms with Gasteiger partial charge in [-0.05, 0) is 59.9 Å². The van der Waals surface area contributed by atoms with Gasteiger partial charge in [0.15, 0.2) is 0 Å². The van der Waals surface area contributed by atoms with Crippen molar-refractivity contribution in [2.75, 3.05) is 25.9 Å². The smallest absolute Gasteiger partial charge is 0.137 e. The molecule has 1 unspecified atom stereocenters. The van der Waals surface area contributed by atoms with Gasteiger partial charge in [0.05, 0.1) is 4.47 Å². The Hall–Kier alpha value is -0.610. The number of likely N-dealkylation sites (tertiary alicyclic amines) is 1. The Labute approximate surface area is 98.8 Å². The second-order valence-corrected chi connectivity index (χ2v) is 5.09. The summed E-state index contributed by atoms with van der Waals surface area (Å²) in [5, 5.41) is 0. The van der Waals surface area contributed by atoms with Crippen molar-refractivity contribution in [3.63, 3.8) is 0 Å². The minimum Gasteiger partial charge on any atom is -0.383 e. The maximum Gasteiger partial charge on any atom is 0.137 e. The van der Waals surface area contributed by atoms with Gasteiger partial charge >= 0.3 is 0 Å². The Bertz CT molecular complexity index is 354. The Morgan fingerprint density at radius 1 is 1.60 bits per heavy atom. The summed E-state index contributed by atoms with van der Waals surface area (Å²) in [6.07, 6.45) is 4.43. The van der Waals surface area contributed by atoms with Gasteiger partial charge in [-0.15, -0.1) is 0 Å². The number of nitrogens with zero attached hydrogens (tertiary/aromatic N) is 2. The van der Waals surface area contributed by atoms with Crippen LogP contribution in [0.3, 0.4) is 0 Å². The number of hydrogen-bond acceptors (Lipinski definition) is 3. The average Bonchev–Trinajstić information content (AvgIpc) is 2.22. The summed E-state index contributed by atoms with van der Waals surface area (Å²) in [4.78, 5) is 6.56. The largest absolute Gasteiger partial charge is 0.383 e. The number of aromatic nitrogens is 1. The van der Waals surface area contributed by atoms with Crippen molar-refractivity contribution >= 4 is 21.7 Å². The molecule has 2 heterocycles. The molecule has 1 aliphatic rings. The number of pyridine rings is 1. The van der Waals surface area contributed by atoms with Gasteiger partial charge in [0.25, 0.3) is 0 Å². The summed E-state index contributed by atoms with van der Waals surface area (Å²) in [5.41, 5.74) is 6.97. The highest BCUT2D eigenvalue weighted by Gasteiger charge is 2.19. The fraction of sp³-hybridized carbons (Fsp3) is 0.545. The van der Waals surface area contributed by atoms with Crippen molar-refractivity contribution in [1.82, 2.24) is 9.88 Å². The molecular weight excluding hydrogens is 254 g/mol. The summed E-state index contributed by atoms with van der Waals surface area (Å²) in [6, 6.07) is 2.10. The topological polar surface area (TPSA) is 42.2 Å². The SMILES string of the molecule is CN1CCCC(c2cnc(N)c(Br)c2)C1. The van der Waals surface area contributed by atoms with E-state index in [9.17, 15) is 0 Å². The van der Waals surface area contributed by atoms with Crippen molar-refractivity contribution in [2.45, 2.75) is 18.8 Å². The number of piperidine rings is 1. The van der Waals surface area contributed by atoms with Crippen molar-refractivity contribution < 1.29 is 0 Å². The van der Waals surface area contributed by atoms with Gasteiger partial charge in [-0.2, -0.15) is 0 Å². The van der Waals surface area contributed by atoms with Crippen molar-refractivity contribution in [2.24, 2.45) is 0 Å². The van der Waals surface area contributed by atoms with Gasteiger partial charge in [0.2, 0.25) is 0 Å².